The molecule has 0 saturated carbocycles. The molecule has 14 heavy (non-hydrogen) atoms. The second kappa shape index (κ2) is 5.77. The van der Waals surface area contributed by atoms with Gasteiger partial charge in [0.05, 0.1) is 5.75 Å². The Kier molecular flexibility index (Phi) is 5.40. The van der Waals surface area contributed by atoms with Gasteiger partial charge in [-0.05, 0) is 7.05 Å². The Labute approximate surface area is 83.9 Å². The van der Waals surface area contributed by atoms with Crippen molar-refractivity contribution in [3.63, 3.8) is 0 Å². The standard InChI is InChI=1S/C8H15NO4S/c1-9(5-3-4-8(10)11)6-7-14(2,12)13/h3-4H,5-7H2,1-2H3,(H,10,11). The highest BCUT2D eigenvalue weighted by atomic mass is 32.2. The molecule has 0 spiro atoms. The summed E-state index contributed by atoms with van der Waals surface area (Å²) in [4.78, 5) is 11.8. The van der Waals surface area contributed by atoms with Crippen molar-refractivity contribution in [2.45, 2.75) is 0 Å². The molecular formula is C8H15NO4S. The van der Waals surface area contributed by atoms with E-state index < -0.39 is 15.8 Å². The Morgan fingerprint density at radius 1 is 1.50 bits per heavy atom. The highest BCUT2D eigenvalue weighted by Crippen LogP contribution is 1.88. The molecule has 6 heteroatoms. The minimum Gasteiger partial charge on any atom is -0.478 e. The molecule has 0 fully saturated rings. The van der Waals surface area contributed by atoms with Crippen molar-refractivity contribution in [2.24, 2.45) is 0 Å². The van der Waals surface area contributed by atoms with E-state index in [9.17, 15) is 13.2 Å². The Balaban J connectivity index is 3.77. The van der Waals surface area contributed by atoms with Crippen LogP contribution in [0.25, 0.3) is 0 Å². The van der Waals surface area contributed by atoms with Gasteiger partial charge >= 0.3 is 5.97 Å². The largest absolute Gasteiger partial charge is 0.478 e. The Bertz CT molecular complexity index is 307. The molecule has 0 aliphatic heterocycles. The van der Waals surface area contributed by atoms with E-state index in [0.29, 0.717) is 13.1 Å². The third-order valence-corrected chi connectivity index (χ3v) is 2.45. The number of carboxylic acid groups (broad SMARTS) is 1. The fourth-order valence-corrected chi connectivity index (χ4v) is 1.39. The van der Waals surface area contributed by atoms with Gasteiger partial charge in [-0.2, -0.15) is 0 Å². The van der Waals surface area contributed by atoms with Gasteiger partial charge in [0, 0.05) is 25.4 Å². The molecule has 0 rings (SSSR count). The molecule has 5 nitrogen and oxygen atoms in total. The van der Waals surface area contributed by atoms with Gasteiger partial charge in [-0.1, -0.05) is 6.08 Å². The molecule has 0 aromatic carbocycles. The van der Waals surface area contributed by atoms with Crippen LogP contribution in [0, 0.1) is 0 Å². The predicted molar refractivity (Wildman–Crippen MR) is 54.0 cm³/mol. The summed E-state index contributed by atoms with van der Waals surface area (Å²) < 4.78 is 21.6. The lowest BCUT2D eigenvalue weighted by Gasteiger charge is -2.12. The number of likely N-dealkylation sites (N-methyl/N-ethyl adjacent to an activating group) is 1. The maximum absolute atomic E-state index is 10.8. The SMILES string of the molecule is CN(CC=CC(=O)O)CCS(C)(=O)=O. The third-order valence-electron chi connectivity index (χ3n) is 1.52. The number of nitrogens with zero attached hydrogens (tertiary/aromatic N) is 1. The molecule has 0 atom stereocenters. The number of carboxylic acids is 1. The fourth-order valence-electron chi connectivity index (χ4n) is 0.746. The number of hydrogen-bond acceptors (Lipinski definition) is 4. The van der Waals surface area contributed by atoms with Crippen molar-refractivity contribution in [3.05, 3.63) is 12.2 Å². The first kappa shape index (κ1) is 13.1. The summed E-state index contributed by atoms with van der Waals surface area (Å²) in [5, 5.41) is 8.28. The molecule has 0 amide bonds. The normalized spacial score (nSPS) is 12.5. The van der Waals surface area contributed by atoms with Crippen LogP contribution in [0.4, 0.5) is 0 Å². The fraction of sp³-hybridized carbons (Fsp3) is 0.625. The van der Waals surface area contributed by atoms with Gasteiger partial charge in [0.2, 0.25) is 0 Å². The molecule has 0 aromatic heterocycles. The van der Waals surface area contributed by atoms with E-state index in [2.05, 4.69) is 0 Å². The molecule has 0 unspecified atom stereocenters. The van der Waals surface area contributed by atoms with Crippen LogP contribution in [-0.2, 0) is 14.6 Å². The Morgan fingerprint density at radius 2 is 2.07 bits per heavy atom. The molecule has 1 N–H and O–H groups in total. The van der Waals surface area contributed by atoms with Crippen molar-refractivity contribution in [2.75, 3.05) is 32.1 Å². The van der Waals surface area contributed by atoms with Crippen LogP contribution < -0.4 is 0 Å². The van der Waals surface area contributed by atoms with Gasteiger partial charge in [0.1, 0.15) is 9.84 Å². The molecule has 0 aliphatic rings. The molecule has 0 saturated heterocycles. The topological polar surface area (TPSA) is 74.7 Å². The van der Waals surface area contributed by atoms with E-state index >= 15 is 0 Å². The maximum atomic E-state index is 10.8. The number of sulfone groups is 1. The highest BCUT2D eigenvalue weighted by molar-refractivity contribution is 7.90. The summed E-state index contributed by atoms with van der Waals surface area (Å²) in [6.45, 7) is 0.838. The lowest BCUT2D eigenvalue weighted by Crippen LogP contribution is -2.25. The van der Waals surface area contributed by atoms with E-state index in [0.717, 1.165) is 6.08 Å². The quantitative estimate of drug-likeness (QED) is 0.618. The minimum absolute atomic E-state index is 0.0877. The first-order chi connectivity index (χ1) is 6.31. The number of aliphatic carboxylic acids is 1. The summed E-state index contributed by atoms with van der Waals surface area (Å²) >= 11 is 0. The van der Waals surface area contributed by atoms with E-state index in [1.54, 1.807) is 11.9 Å². The van der Waals surface area contributed by atoms with E-state index in [1.165, 1.54) is 12.3 Å². The van der Waals surface area contributed by atoms with Crippen LogP contribution in [0.1, 0.15) is 0 Å². The first-order valence-electron chi connectivity index (χ1n) is 4.07. The van der Waals surface area contributed by atoms with E-state index in [4.69, 9.17) is 5.11 Å². The zero-order chi connectivity index (χ0) is 11.2. The highest BCUT2D eigenvalue weighted by Gasteiger charge is 2.03. The molecule has 0 aliphatic carbocycles. The summed E-state index contributed by atoms with van der Waals surface area (Å²) in [5.41, 5.74) is 0. The molecule has 0 bridgehead atoms. The van der Waals surface area contributed by atoms with Crippen LogP contribution in [0.5, 0.6) is 0 Å². The summed E-state index contributed by atoms with van der Waals surface area (Å²) in [7, 11) is -1.21. The van der Waals surface area contributed by atoms with Gasteiger partial charge < -0.3 is 10.0 Å². The van der Waals surface area contributed by atoms with Crippen molar-refractivity contribution in [1.29, 1.82) is 0 Å². The second-order valence-corrected chi connectivity index (χ2v) is 5.39. The average molecular weight is 221 g/mol. The maximum Gasteiger partial charge on any atom is 0.328 e. The van der Waals surface area contributed by atoms with Gasteiger partial charge in [0.15, 0.2) is 0 Å². The molecular weight excluding hydrogens is 206 g/mol. The van der Waals surface area contributed by atoms with Gasteiger partial charge in [0.25, 0.3) is 0 Å². The van der Waals surface area contributed by atoms with Crippen LogP contribution in [0.3, 0.4) is 0 Å². The summed E-state index contributed by atoms with van der Waals surface area (Å²) in [5.74, 6) is -0.911. The van der Waals surface area contributed by atoms with Crippen molar-refractivity contribution in [1.82, 2.24) is 4.90 Å². The van der Waals surface area contributed by atoms with Gasteiger partial charge in [-0.3, -0.25) is 0 Å². The zero-order valence-corrected chi connectivity index (χ0v) is 9.12. The monoisotopic (exact) mass is 221 g/mol. The zero-order valence-electron chi connectivity index (χ0n) is 8.30. The van der Waals surface area contributed by atoms with Gasteiger partial charge in [-0.25, -0.2) is 13.2 Å². The Morgan fingerprint density at radius 3 is 2.50 bits per heavy atom. The van der Waals surface area contributed by atoms with Crippen molar-refractivity contribution < 1.29 is 18.3 Å². The molecule has 0 radical (unpaired) electrons. The van der Waals surface area contributed by atoms with Crippen molar-refractivity contribution in [3.8, 4) is 0 Å². The number of hydrogen-bond donors (Lipinski definition) is 1. The molecule has 0 aromatic rings. The van der Waals surface area contributed by atoms with Crippen LogP contribution in [-0.4, -0.2) is 56.5 Å². The van der Waals surface area contributed by atoms with E-state index in [-0.39, 0.29) is 5.75 Å². The van der Waals surface area contributed by atoms with Crippen molar-refractivity contribution >= 4 is 15.8 Å². The lowest BCUT2D eigenvalue weighted by atomic mass is 10.4. The second-order valence-electron chi connectivity index (χ2n) is 3.13. The van der Waals surface area contributed by atoms with Gasteiger partial charge in [-0.15, -0.1) is 0 Å². The summed E-state index contributed by atoms with van der Waals surface area (Å²) in [6, 6.07) is 0. The smallest absolute Gasteiger partial charge is 0.328 e. The average Bonchev–Trinajstić information content (AvgIpc) is 1.99. The lowest BCUT2D eigenvalue weighted by molar-refractivity contribution is -0.131. The number of rotatable bonds is 6. The first-order valence-corrected chi connectivity index (χ1v) is 6.13. The minimum atomic E-state index is -2.94. The number of carbonyl (C=O) groups is 1. The van der Waals surface area contributed by atoms with E-state index in [1.807, 2.05) is 0 Å². The molecule has 0 heterocycles. The summed E-state index contributed by atoms with van der Waals surface area (Å²) in [6.07, 6.45) is 3.69. The van der Waals surface area contributed by atoms with Crippen LogP contribution in [0.15, 0.2) is 12.2 Å². The molecule has 82 valence electrons. The van der Waals surface area contributed by atoms with Crippen LogP contribution in [0.2, 0.25) is 0 Å². The van der Waals surface area contributed by atoms with Crippen LogP contribution >= 0.6 is 0 Å². The predicted octanol–water partition coefficient (Wildman–Crippen LogP) is -0.396. The Hall–Kier alpha value is -0.880. The third kappa shape index (κ3) is 9.21.